The van der Waals surface area contributed by atoms with Crippen LogP contribution in [0.5, 0.6) is 0 Å². The first kappa shape index (κ1) is 15.4. The monoisotopic (exact) mass is 365 g/mol. The van der Waals surface area contributed by atoms with Crippen LogP contribution in [0.25, 0.3) is 0 Å². The quantitative estimate of drug-likeness (QED) is 0.837. The number of sulfonamides is 1. The highest BCUT2D eigenvalue weighted by Gasteiger charge is 2.34. The van der Waals surface area contributed by atoms with Crippen LogP contribution in [0, 0.1) is 11.7 Å². The summed E-state index contributed by atoms with van der Waals surface area (Å²) in [5.41, 5.74) is 0. The maximum absolute atomic E-state index is 13.0. The molecule has 1 saturated carbocycles. The average Bonchev–Trinajstić information content (AvgIpc) is 3.10. The van der Waals surface area contributed by atoms with Crippen LogP contribution < -0.4 is 0 Å². The highest BCUT2D eigenvalue weighted by atomic mass is 79.9. The highest BCUT2D eigenvalue weighted by molar-refractivity contribution is 9.10. The Morgan fingerprint density at radius 2 is 2.10 bits per heavy atom. The Labute approximate surface area is 124 Å². The van der Waals surface area contributed by atoms with Gasteiger partial charge in [0.25, 0.3) is 0 Å². The summed E-state index contributed by atoms with van der Waals surface area (Å²) in [6, 6.07) is 3.22. The zero-order chi connectivity index (χ0) is 14.9. The van der Waals surface area contributed by atoms with Gasteiger partial charge in [0.05, 0.1) is 4.90 Å². The molecule has 1 N–H and O–H groups in total. The van der Waals surface area contributed by atoms with E-state index in [4.69, 9.17) is 5.11 Å². The van der Waals surface area contributed by atoms with Crippen LogP contribution in [0.15, 0.2) is 27.6 Å². The average molecular weight is 366 g/mol. The molecular weight excluding hydrogens is 353 g/mol. The second-order valence-electron chi connectivity index (χ2n) is 4.71. The van der Waals surface area contributed by atoms with E-state index in [2.05, 4.69) is 15.9 Å². The van der Waals surface area contributed by atoms with E-state index in [1.807, 2.05) is 0 Å². The van der Waals surface area contributed by atoms with Crippen molar-refractivity contribution >= 4 is 31.9 Å². The van der Waals surface area contributed by atoms with Crippen molar-refractivity contribution in [3.8, 4) is 0 Å². The molecule has 0 unspecified atom stereocenters. The Morgan fingerprint density at radius 1 is 1.45 bits per heavy atom. The third-order valence-electron chi connectivity index (χ3n) is 2.98. The molecular formula is C12H13BrFNO4S. The van der Waals surface area contributed by atoms with Crippen molar-refractivity contribution in [2.45, 2.75) is 17.7 Å². The molecule has 2 rings (SSSR count). The van der Waals surface area contributed by atoms with Gasteiger partial charge in [-0.2, -0.15) is 4.31 Å². The Morgan fingerprint density at radius 3 is 2.60 bits per heavy atom. The van der Waals surface area contributed by atoms with Crippen LogP contribution in [0.1, 0.15) is 12.8 Å². The minimum atomic E-state index is -3.96. The Kier molecular flexibility index (Phi) is 4.46. The minimum absolute atomic E-state index is 0.0867. The molecule has 110 valence electrons. The molecule has 1 fully saturated rings. The van der Waals surface area contributed by atoms with Gasteiger partial charge in [-0.25, -0.2) is 12.8 Å². The van der Waals surface area contributed by atoms with Crippen molar-refractivity contribution in [2.24, 2.45) is 5.92 Å². The fourth-order valence-electron chi connectivity index (χ4n) is 1.81. The van der Waals surface area contributed by atoms with Crippen LogP contribution >= 0.6 is 15.9 Å². The second kappa shape index (κ2) is 5.79. The molecule has 0 aliphatic heterocycles. The molecule has 5 nitrogen and oxygen atoms in total. The first-order chi connectivity index (χ1) is 9.30. The number of halogens is 2. The summed E-state index contributed by atoms with van der Waals surface area (Å²) in [5.74, 6) is -1.57. The molecule has 0 aromatic heterocycles. The molecule has 0 amide bonds. The van der Waals surface area contributed by atoms with Crippen molar-refractivity contribution in [3.05, 3.63) is 28.5 Å². The molecule has 0 radical (unpaired) electrons. The molecule has 20 heavy (non-hydrogen) atoms. The summed E-state index contributed by atoms with van der Waals surface area (Å²) in [6.45, 7) is -0.416. The smallest absolute Gasteiger partial charge is 0.318 e. The van der Waals surface area contributed by atoms with E-state index < -0.39 is 28.4 Å². The summed E-state index contributed by atoms with van der Waals surface area (Å²) in [6.07, 6.45) is 1.80. The van der Waals surface area contributed by atoms with Crippen molar-refractivity contribution in [3.63, 3.8) is 0 Å². The van der Waals surface area contributed by atoms with Gasteiger partial charge in [0.2, 0.25) is 10.0 Å². The number of hydrogen-bond acceptors (Lipinski definition) is 3. The molecule has 8 heteroatoms. The minimum Gasteiger partial charge on any atom is -0.480 e. The second-order valence-corrected chi connectivity index (χ2v) is 7.47. The van der Waals surface area contributed by atoms with Gasteiger partial charge in [-0.05, 0) is 52.9 Å². The number of benzene rings is 1. The molecule has 0 bridgehead atoms. The van der Waals surface area contributed by atoms with Crippen LogP contribution in [-0.4, -0.2) is 36.9 Å². The van der Waals surface area contributed by atoms with Gasteiger partial charge in [-0.15, -0.1) is 0 Å². The van der Waals surface area contributed by atoms with Crippen molar-refractivity contribution in [1.82, 2.24) is 4.31 Å². The highest BCUT2D eigenvalue weighted by Crippen LogP contribution is 2.33. The van der Waals surface area contributed by atoms with E-state index in [0.717, 1.165) is 35.3 Å². The topological polar surface area (TPSA) is 74.7 Å². The lowest BCUT2D eigenvalue weighted by molar-refractivity contribution is -0.137. The van der Waals surface area contributed by atoms with E-state index in [0.29, 0.717) is 0 Å². The van der Waals surface area contributed by atoms with Crippen molar-refractivity contribution < 1.29 is 22.7 Å². The van der Waals surface area contributed by atoms with Gasteiger partial charge in [0, 0.05) is 11.0 Å². The van der Waals surface area contributed by atoms with Crippen LogP contribution in [0.4, 0.5) is 4.39 Å². The summed E-state index contributed by atoms with van der Waals surface area (Å²) < 4.78 is 39.0. The van der Waals surface area contributed by atoms with Gasteiger partial charge >= 0.3 is 5.97 Å². The largest absolute Gasteiger partial charge is 0.480 e. The van der Waals surface area contributed by atoms with Gasteiger partial charge in [-0.1, -0.05) is 0 Å². The first-order valence-corrected chi connectivity index (χ1v) is 8.21. The molecule has 1 aliphatic rings. The molecule has 0 spiro atoms. The predicted molar refractivity (Wildman–Crippen MR) is 73.2 cm³/mol. The van der Waals surface area contributed by atoms with Crippen molar-refractivity contribution in [2.75, 3.05) is 13.1 Å². The van der Waals surface area contributed by atoms with Gasteiger partial charge in [-0.3, -0.25) is 4.79 Å². The lowest BCUT2D eigenvalue weighted by atomic mass is 10.3. The zero-order valence-electron chi connectivity index (χ0n) is 10.4. The third-order valence-corrected chi connectivity index (χ3v) is 5.77. The predicted octanol–water partition coefficient (Wildman–Crippen LogP) is 2.07. The molecule has 1 aromatic rings. The molecule has 1 aromatic carbocycles. The fourth-order valence-corrected chi connectivity index (χ4v) is 4.29. The Hall–Kier alpha value is -0.990. The van der Waals surface area contributed by atoms with Crippen molar-refractivity contribution in [1.29, 1.82) is 0 Å². The lowest BCUT2D eigenvalue weighted by Crippen LogP contribution is -2.37. The van der Waals surface area contributed by atoms with Gasteiger partial charge in [0.1, 0.15) is 12.4 Å². The summed E-state index contributed by atoms with van der Waals surface area (Å²) in [7, 11) is -3.96. The van der Waals surface area contributed by atoms with Crippen LogP contribution in [0.2, 0.25) is 0 Å². The SMILES string of the molecule is O=C(O)CN(CC1CC1)S(=O)(=O)c1ccc(F)cc1Br. The van der Waals surface area contributed by atoms with E-state index in [9.17, 15) is 17.6 Å². The molecule has 1 aliphatic carbocycles. The number of hydrogen-bond donors (Lipinski definition) is 1. The maximum Gasteiger partial charge on any atom is 0.318 e. The summed E-state index contributed by atoms with van der Waals surface area (Å²) in [5, 5.41) is 8.86. The zero-order valence-corrected chi connectivity index (χ0v) is 12.8. The van der Waals surface area contributed by atoms with E-state index in [1.54, 1.807) is 0 Å². The first-order valence-electron chi connectivity index (χ1n) is 5.97. The van der Waals surface area contributed by atoms with Gasteiger partial charge < -0.3 is 5.11 Å². The number of carboxylic acid groups (broad SMARTS) is 1. The lowest BCUT2D eigenvalue weighted by Gasteiger charge is -2.20. The Bertz CT molecular complexity index is 630. The normalized spacial score (nSPS) is 15.6. The summed E-state index contributed by atoms with van der Waals surface area (Å²) in [4.78, 5) is 10.7. The van der Waals surface area contributed by atoms with E-state index in [-0.39, 0.29) is 21.8 Å². The third kappa shape index (κ3) is 3.56. The standard InChI is InChI=1S/C12H13BrFNO4S/c13-10-5-9(14)3-4-11(10)20(18,19)15(7-12(16)17)6-8-1-2-8/h3-5,8H,1-2,6-7H2,(H,16,17). The Balaban J connectivity index is 2.35. The van der Waals surface area contributed by atoms with Crippen LogP contribution in [-0.2, 0) is 14.8 Å². The number of nitrogens with zero attached hydrogens (tertiary/aromatic N) is 1. The summed E-state index contributed by atoms with van der Waals surface area (Å²) >= 11 is 3.01. The van der Waals surface area contributed by atoms with E-state index in [1.165, 1.54) is 0 Å². The fraction of sp³-hybridized carbons (Fsp3) is 0.417. The maximum atomic E-state index is 13.0. The van der Waals surface area contributed by atoms with E-state index >= 15 is 0 Å². The molecule has 0 heterocycles. The number of rotatable bonds is 6. The van der Waals surface area contributed by atoms with Gasteiger partial charge in [0.15, 0.2) is 0 Å². The number of carboxylic acids is 1. The number of aliphatic carboxylic acids is 1. The molecule has 0 atom stereocenters. The number of carbonyl (C=O) groups is 1. The molecule has 0 saturated heterocycles. The van der Waals surface area contributed by atoms with Crippen LogP contribution in [0.3, 0.4) is 0 Å².